The van der Waals surface area contributed by atoms with E-state index in [4.69, 9.17) is 9.84 Å². The van der Waals surface area contributed by atoms with E-state index < -0.39 is 5.97 Å². The first-order chi connectivity index (χ1) is 14.7. The molecular formula is C26H25NO3. The van der Waals surface area contributed by atoms with Crippen LogP contribution in [-0.4, -0.2) is 22.7 Å². The normalized spacial score (nSPS) is 10.9. The molecule has 0 saturated carbocycles. The maximum atomic E-state index is 11.0. The molecule has 0 atom stereocenters. The van der Waals surface area contributed by atoms with Gasteiger partial charge < -0.3 is 14.8 Å². The van der Waals surface area contributed by atoms with E-state index in [1.54, 1.807) is 0 Å². The lowest BCUT2D eigenvalue weighted by Gasteiger charge is -2.14. The minimum atomic E-state index is -0.786. The highest BCUT2D eigenvalue weighted by molar-refractivity contribution is 5.86. The molecule has 0 aliphatic heterocycles. The van der Waals surface area contributed by atoms with Gasteiger partial charge in [-0.1, -0.05) is 42.5 Å². The summed E-state index contributed by atoms with van der Waals surface area (Å²) in [7, 11) is 0. The average Bonchev–Trinajstić information content (AvgIpc) is 3.24. The highest BCUT2D eigenvalue weighted by atomic mass is 16.5. The number of hydrogen-bond acceptors (Lipinski definition) is 2. The molecule has 0 aliphatic rings. The van der Waals surface area contributed by atoms with Crippen molar-refractivity contribution in [1.29, 1.82) is 0 Å². The van der Waals surface area contributed by atoms with Gasteiger partial charge in [0.25, 0.3) is 0 Å². The number of aliphatic carboxylic acids is 1. The zero-order valence-corrected chi connectivity index (χ0v) is 16.8. The summed E-state index contributed by atoms with van der Waals surface area (Å²) in [5, 5.41) is 10.2. The Kier molecular flexibility index (Phi) is 6.14. The SMILES string of the molecule is O=C(O)CCc1ccc(OCCCc2ccccc2)c(-c2ccc3[nH]ccc3c2)c1. The van der Waals surface area contributed by atoms with Crippen LogP contribution in [0.1, 0.15) is 24.0 Å². The largest absolute Gasteiger partial charge is 0.493 e. The van der Waals surface area contributed by atoms with Crippen LogP contribution in [0.15, 0.2) is 79.0 Å². The Morgan fingerprint density at radius 2 is 1.77 bits per heavy atom. The molecule has 0 fully saturated rings. The number of aromatic nitrogens is 1. The van der Waals surface area contributed by atoms with E-state index in [0.29, 0.717) is 13.0 Å². The Hall–Kier alpha value is -3.53. The number of aromatic amines is 1. The molecular weight excluding hydrogens is 374 g/mol. The van der Waals surface area contributed by atoms with Crippen molar-refractivity contribution in [2.75, 3.05) is 6.61 Å². The Bertz CT molecular complexity index is 1130. The number of fused-ring (bicyclic) bond motifs is 1. The van der Waals surface area contributed by atoms with E-state index in [0.717, 1.165) is 46.2 Å². The average molecular weight is 399 g/mol. The number of carboxylic acids is 1. The van der Waals surface area contributed by atoms with E-state index in [9.17, 15) is 4.79 Å². The molecule has 1 aromatic heterocycles. The summed E-state index contributed by atoms with van der Waals surface area (Å²) in [5.74, 6) is 0.0450. The molecule has 0 saturated heterocycles. The smallest absolute Gasteiger partial charge is 0.303 e. The van der Waals surface area contributed by atoms with Crippen LogP contribution in [-0.2, 0) is 17.6 Å². The van der Waals surface area contributed by atoms with Crippen LogP contribution in [0.5, 0.6) is 5.75 Å². The molecule has 4 rings (SSSR count). The van der Waals surface area contributed by atoms with Crippen LogP contribution >= 0.6 is 0 Å². The number of nitrogens with one attached hydrogen (secondary N) is 1. The third-order valence-corrected chi connectivity index (χ3v) is 5.25. The lowest BCUT2D eigenvalue weighted by molar-refractivity contribution is -0.136. The number of hydrogen-bond donors (Lipinski definition) is 2. The fraction of sp³-hybridized carbons (Fsp3) is 0.192. The molecule has 0 radical (unpaired) electrons. The molecule has 2 N–H and O–H groups in total. The van der Waals surface area contributed by atoms with Crippen molar-refractivity contribution in [3.63, 3.8) is 0 Å². The van der Waals surface area contributed by atoms with Crippen molar-refractivity contribution in [2.24, 2.45) is 0 Å². The number of carbonyl (C=O) groups is 1. The molecule has 3 aromatic carbocycles. The van der Waals surface area contributed by atoms with Crippen LogP contribution in [0.2, 0.25) is 0 Å². The van der Waals surface area contributed by atoms with Gasteiger partial charge in [-0.05, 0) is 71.7 Å². The first-order valence-electron chi connectivity index (χ1n) is 10.3. The van der Waals surface area contributed by atoms with Crippen LogP contribution in [0.25, 0.3) is 22.0 Å². The van der Waals surface area contributed by atoms with Crippen molar-refractivity contribution in [2.45, 2.75) is 25.7 Å². The van der Waals surface area contributed by atoms with Crippen molar-refractivity contribution >= 4 is 16.9 Å². The number of H-pyrrole nitrogens is 1. The van der Waals surface area contributed by atoms with Crippen LogP contribution in [0.4, 0.5) is 0 Å². The highest BCUT2D eigenvalue weighted by Crippen LogP contribution is 2.33. The van der Waals surface area contributed by atoms with Crippen molar-refractivity contribution < 1.29 is 14.6 Å². The van der Waals surface area contributed by atoms with Crippen molar-refractivity contribution in [1.82, 2.24) is 4.98 Å². The van der Waals surface area contributed by atoms with Crippen LogP contribution < -0.4 is 4.74 Å². The lowest BCUT2D eigenvalue weighted by atomic mass is 9.99. The number of rotatable bonds is 9. The number of benzene rings is 3. The number of aryl methyl sites for hydroxylation is 2. The van der Waals surface area contributed by atoms with E-state index >= 15 is 0 Å². The van der Waals surface area contributed by atoms with Gasteiger partial charge in [-0.25, -0.2) is 0 Å². The van der Waals surface area contributed by atoms with Gasteiger partial charge in [0.2, 0.25) is 0 Å². The zero-order chi connectivity index (χ0) is 20.8. The third-order valence-electron chi connectivity index (χ3n) is 5.25. The molecule has 4 heteroatoms. The Morgan fingerprint density at radius 1 is 0.900 bits per heavy atom. The van der Waals surface area contributed by atoms with Crippen LogP contribution in [0, 0.1) is 0 Å². The molecule has 4 aromatic rings. The second-order valence-electron chi connectivity index (χ2n) is 7.44. The first-order valence-corrected chi connectivity index (χ1v) is 10.3. The molecule has 30 heavy (non-hydrogen) atoms. The van der Waals surface area contributed by atoms with Gasteiger partial charge in [-0.15, -0.1) is 0 Å². The molecule has 0 unspecified atom stereocenters. The van der Waals surface area contributed by atoms with Gasteiger partial charge in [0, 0.05) is 23.7 Å². The van der Waals surface area contributed by atoms with Crippen molar-refractivity contribution in [3.8, 4) is 16.9 Å². The monoisotopic (exact) mass is 399 g/mol. The second kappa shape index (κ2) is 9.31. The van der Waals surface area contributed by atoms with Gasteiger partial charge >= 0.3 is 5.97 Å². The predicted octanol–water partition coefficient (Wildman–Crippen LogP) is 5.86. The quantitative estimate of drug-likeness (QED) is 0.346. The summed E-state index contributed by atoms with van der Waals surface area (Å²) in [4.78, 5) is 14.2. The summed E-state index contributed by atoms with van der Waals surface area (Å²) < 4.78 is 6.16. The van der Waals surface area contributed by atoms with Gasteiger partial charge in [0.05, 0.1) is 6.61 Å². The minimum absolute atomic E-state index is 0.119. The molecule has 152 valence electrons. The zero-order valence-electron chi connectivity index (χ0n) is 16.8. The van der Waals surface area contributed by atoms with Gasteiger partial charge in [-0.3, -0.25) is 4.79 Å². The second-order valence-corrected chi connectivity index (χ2v) is 7.44. The predicted molar refractivity (Wildman–Crippen MR) is 120 cm³/mol. The summed E-state index contributed by atoms with van der Waals surface area (Å²) in [5.41, 5.74) is 5.46. The van der Waals surface area contributed by atoms with Crippen molar-refractivity contribution in [3.05, 3.63) is 90.1 Å². The van der Waals surface area contributed by atoms with E-state index in [2.05, 4.69) is 53.5 Å². The minimum Gasteiger partial charge on any atom is -0.493 e. The Morgan fingerprint density at radius 3 is 2.60 bits per heavy atom. The van der Waals surface area contributed by atoms with E-state index in [1.165, 1.54) is 5.56 Å². The fourth-order valence-electron chi connectivity index (χ4n) is 3.66. The number of ether oxygens (including phenoxy) is 1. The molecule has 0 amide bonds. The summed E-state index contributed by atoms with van der Waals surface area (Å²) >= 11 is 0. The topological polar surface area (TPSA) is 62.3 Å². The Labute approximate surface area is 176 Å². The highest BCUT2D eigenvalue weighted by Gasteiger charge is 2.10. The maximum absolute atomic E-state index is 11.0. The summed E-state index contributed by atoms with van der Waals surface area (Å²) in [6, 6.07) is 24.7. The van der Waals surface area contributed by atoms with Gasteiger partial charge in [-0.2, -0.15) is 0 Å². The standard InChI is InChI=1S/C26H25NO3/c28-26(29)13-9-20-8-12-25(30-16-4-7-19-5-2-1-3-6-19)23(17-20)21-10-11-24-22(18-21)14-15-27-24/h1-3,5-6,8,10-12,14-15,17-18,27H,4,7,9,13,16H2,(H,28,29). The van der Waals surface area contributed by atoms with Crippen LogP contribution in [0.3, 0.4) is 0 Å². The first kappa shape index (κ1) is 19.8. The van der Waals surface area contributed by atoms with E-state index in [-0.39, 0.29) is 6.42 Å². The number of carboxylic acid groups (broad SMARTS) is 1. The summed E-state index contributed by atoms with van der Waals surface area (Å²) in [6.07, 6.45) is 4.46. The molecule has 0 bridgehead atoms. The molecule has 0 aliphatic carbocycles. The van der Waals surface area contributed by atoms with Gasteiger partial charge in [0.1, 0.15) is 5.75 Å². The lowest BCUT2D eigenvalue weighted by Crippen LogP contribution is -2.02. The Balaban J connectivity index is 1.54. The molecule has 4 nitrogen and oxygen atoms in total. The molecule has 0 spiro atoms. The molecule has 1 heterocycles. The maximum Gasteiger partial charge on any atom is 0.303 e. The van der Waals surface area contributed by atoms with Gasteiger partial charge in [0.15, 0.2) is 0 Å². The fourth-order valence-corrected chi connectivity index (χ4v) is 3.66. The third kappa shape index (κ3) is 4.90. The summed E-state index contributed by atoms with van der Waals surface area (Å²) in [6.45, 7) is 0.628. The van der Waals surface area contributed by atoms with E-state index in [1.807, 2.05) is 30.5 Å².